The average Bonchev–Trinajstić information content (AvgIpc) is 3.32. The lowest BCUT2D eigenvalue weighted by Crippen LogP contribution is -2.34. The van der Waals surface area contributed by atoms with Gasteiger partial charge in [-0.2, -0.15) is 0 Å². The van der Waals surface area contributed by atoms with Gasteiger partial charge in [-0.05, 0) is 84.5 Å². The Labute approximate surface area is 221 Å². The molecule has 6 nitrogen and oxygen atoms in total. The Hall–Kier alpha value is -4.01. The molecule has 0 saturated carbocycles. The number of thiocarbonyl (C=S) groups is 1. The molecule has 0 saturated heterocycles. The van der Waals surface area contributed by atoms with Crippen molar-refractivity contribution >= 4 is 56.0 Å². The molecule has 0 aliphatic carbocycles. The van der Waals surface area contributed by atoms with Gasteiger partial charge in [0.15, 0.2) is 10.7 Å². The Morgan fingerprint density at radius 1 is 0.944 bits per heavy atom. The monoisotopic (exact) mass is 557 g/mol. The molecule has 5 rings (SSSR count). The summed E-state index contributed by atoms with van der Waals surface area (Å²) in [6, 6.07) is 30.0. The minimum absolute atomic E-state index is 0.181. The van der Waals surface area contributed by atoms with Gasteiger partial charge in [-0.25, -0.2) is 4.98 Å². The van der Waals surface area contributed by atoms with Crippen LogP contribution in [0.5, 0.6) is 5.75 Å². The summed E-state index contributed by atoms with van der Waals surface area (Å²) in [6.45, 7) is 0.459. The van der Waals surface area contributed by atoms with Crippen molar-refractivity contribution in [2.75, 3.05) is 5.32 Å². The number of hydrogen-bond donors (Lipinski definition) is 2. The minimum Gasteiger partial charge on any atom is -0.489 e. The predicted molar refractivity (Wildman–Crippen MR) is 148 cm³/mol. The average molecular weight is 558 g/mol. The second-order valence-electron chi connectivity index (χ2n) is 7.92. The van der Waals surface area contributed by atoms with Crippen molar-refractivity contribution in [3.05, 3.63) is 113 Å². The second-order valence-corrected chi connectivity index (χ2v) is 9.24. The quantitative estimate of drug-likeness (QED) is 0.220. The number of amides is 1. The largest absolute Gasteiger partial charge is 0.489 e. The van der Waals surface area contributed by atoms with Crippen LogP contribution in [0.25, 0.3) is 22.6 Å². The number of ether oxygens (including phenoxy) is 1. The molecular weight excluding hydrogens is 538 g/mol. The first-order valence-electron chi connectivity index (χ1n) is 11.1. The van der Waals surface area contributed by atoms with E-state index < -0.39 is 0 Å². The van der Waals surface area contributed by atoms with Crippen LogP contribution in [0.2, 0.25) is 0 Å². The summed E-state index contributed by atoms with van der Waals surface area (Å²) in [4.78, 5) is 17.2. The van der Waals surface area contributed by atoms with Crippen LogP contribution in [0.4, 0.5) is 5.69 Å². The van der Waals surface area contributed by atoms with E-state index in [9.17, 15) is 4.79 Å². The molecule has 0 aliphatic rings. The number of fused-ring (bicyclic) bond motifs is 1. The number of nitrogens with one attached hydrogen (secondary N) is 2. The summed E-state index contributed by atoms with van der Waals surface area (Å²) in [5.74, 6) is 0.892. The molecule has 4 aromatic carbocycles. The lowest BCUT2D eigenvalue weighted by atomic mass is 10.2. The molecule has 0 spiro atoms. The second kappa shape index (κ2) is 10.7. The Balaban J connectivity index is 1.18. The van der Waals surface area contributed by atoms with Crippen LogP contribution in [0.3, 0.4) is 0 Å². The fourth-order valence-electron chi connectivity index (χ4n) is 3.50. The number of aromatic nitrogens is 1. The third-order valence-electron chi connectivity index (χ3n) is 5.33. The Kier molecular flexibility index (Phi) is 7.06. The molecule has 0 aliphatic heterocycles. The van der Waals surface area contributed by atoms with Crippen LogP contribution in [0.1, 0.15) is 15.9 Å². The summed E-state index contributed by atoms with van der Waals surface area (Å²) in [6.07, 6.45) is 0. The van der Waals surface area contributed by atoms with Crippen LogP contribution >= 0.6 is 28.1 Å². The summed E-state index contributed by atoms with van der Waals surface area (Å²) >= 11 is 8.76. The van der Waals surface area contributed by atoms with E-state index in [2.05, 4.69) is 31.5 Å². The smallest absolute Gasteiger partial charge is 0.257 e. The number of anilines is 1. The van der Waals surface area contributed by atoms with Crippen molar-refractivity contribution in [3.8, 4) is 17.2 Å². The van der Waals surface area contributed by atoms with E-state index in [-0.39, 0.29) is 11.0 Å². The van der Waals surface area contributed by atoms with Crippen LogP contribution in [-0.2, 0) is 6.61 Å². The van der Waals surface area contributed by atoms with Gasteiger partial charge in [-0.15, -0.1) is 0 Å². The van der Waals surface area contributed by atoms with E-state index in [1.165, 1.54) is 0 Å². The highest BCUT2D eigenvalue weighted by molar-refractivity contribution is 9.10. The Morgan fingerprint density at radius 3 is 2.44 bits per heavy atom. The van der Waals surface area contributed by atoms with Gasteiger partial charge in [-0.3, -0.25) is 10.1 Å². The Bertz CT molecular complexity index is 1520. The molecule has 1 aromatic heterocycles. The predicted octanol–water partition coefficient (Wildman–Crippen LogP) is 6.96. The maximum atomic E-state index is 12.6. The normalized spacial score (nSPS) is 10.7. The van der Waals surface area contributed by atoms with Crippen molar-refractivity contribution in [1.29, 1.82) is 0 Å². The molecule has 0 bridgehead atoms. The van der Waals surface area contributed by atoms with Gasteiger partial charge in [-0.1, -0.05) is 46.3 Å². The highest BCUT2D eigenvalue weighted by Crippen LogP contribution is 2.27. The van der Waals surface area contributed by atoms with E-state index in [1.54, 1.807) is 24.3 Å². The summed E-state index contributed by atoms with van der Waals surface area (Å²) in [7, 11) is 0. The summed E-state index contributed by atoms with van der Waals surface area (Å²) in [5.41, 5.74) is 4.44. The molecular formula is C28H20BrN3O3S. The summed E-state index contributed by atoms with van der Waals surface area (Å²) < 4.78 is 12.6. The third kappa shape index (κ3) is 5.79. The number of halogens is 1. The van der Waals surface area contributed by atoms with Crippen molar-refractivity contribution in [2.45, 2.75) is 6.61 Å². The van der Waals surface area contributed by atoms with Gasteiger partial charge in [0.1, 0.15) is 17.9 Å². The standard InChI is InChI=1S/C28H20BrN3O3S/c29-21-10-6-20(7-11-21)27-31-24-16-22(12-15-25(24)35-27)30-28(36)32-26(33)19-8-13-23(14-9-19)34-17-18-4-2-1-3-5-18/h1-16H,17H2,(H2,30,32,33,36). The topological polar surface area (TPSA) is 76.4 Å². The molecule has 178 valence electrons. The molecule has 0 radical (unpaired) electrons. The first-order chi connectivity index (χ1) is 17.5. The van der Waals surface area contributed by atoms with Gasteiger partial charge in [0.25, 0.3) is 5.91 Å². The van der Waals surface area contributed by atoms with Crippen LogP contribution < -0.4 is 15.4 Å². The van der Waals surface area contributed by atoms with E-state index in [0.717, 1.165) is 15.6 Å². The van der Waals surface area contributed by atoms with E-state index in [0.29, 0.717) is 40.6 Å². The number of carbonyl (C=O) groups is 1. The van der Waals surface area contributed by atoms with Crippen LogP contribution in [0.15, 0.2) is 106 Å². The number of carbonyl (C=O) groups excluding carboxylic acids is 1. The maximum Gasteiger partial charge on any atom is 0.257 e. The molecule has 1 amide bonds. The Morgan fingerprint density at radius 2 is 1.69 bits per heavy atom. The number of rotatable bonds is 6. The lowest BCUT2D eigenvalue weighted by molar-refractivity contribution is 0.0977. The molecule has 8 heteroatoms. The minimum atomic E-state index is -0.317. The van der Waals surface area contributed by atoms with Crippen LogP contribution in [-0.4, -0.2) is 16.0 Å². The van der Waals surface area contributed by atoms with Crippen molar-refractivity contribution in [2.24, 2.45) is 0 Å². The molecule has 36 heavy (non-hydrogen) atoms. The van der Waals surface area contributed by atoms with E-state index in [1.807, 2.05) is 72.8 Å². The van der Waals surface area contributed by atoms with Gasteiger partial charge in [0, 0.05) is 21.3 Å². The molecule has 0 fully saturated rings. The molecule has 0 atom stereocenters. The zero-order valence-corrected chi connectivity index (χ0v) is 21.3. The number of benzene rings is 4. The third-order valence-corrected chi connectivity index (χ3v) is 6.06. The summed E-state index contributed by atoms with van der Waals surface area (Å²) in [5, 5.41) is 5.91. The van der Waals surface area contributed by atoms with Gasteiger partial charge in [0.2, 0.25) is 5.89 Å². The van der Waals surface area contributed by atoms with Gasteiger partial charge >= 0.3 is 0 Å². The van der Waals surface area contributed by atoms with E-state index in [4.69, 9.17) is 21.4 Å². The van der Waals surface area contributed by atoms with Crippen molar-refractivity contribution in [1.82, 2.24) is 10.3 Å². The molecule has 0 unspecified atom stereocenters. The van der Waals surface area contributed by atoms with E-state index >= 15 is 0 Å². The van der Waals surface area contributed by atoms with Crippen molar-refractivity contribution in [3.63, 3.8) is 0 Å². The number of oxazole rings is 1. The molecule has 1 heterocycles. The highest BCUT2D eigenvalue weighted by Gasteiger charge is 2.11. The fraction of sp³-hybridized carbons (Fsp3) is 0.0357. The zero-order valence-electron chi connectivity index (χ0n) is 18.9. The first kappa shape index (κ1) is 23.7. The van der Waals surface area contributed by atoms with Crippen LogP contribution in [0, 0.1) is 0 Å². The van der Waals surface area contributed by atoms with Crippen molar-refractivity contribution < 1.29 is 13.9 Å². The number of hydrogen-bond acceptors (Lipinski definition) is 5. The zero-order chi connectivity index (χ0) is 24.9. The number of nitrogens with zero attached hydrogens (tertiary/aromatic N) is 1. The fourth-order valence-corrected chi connectivity index (χ4v) is 3.98. The van der Waals surface area contributed by atoms with Gasteiger partial charge < -0.3 is 14.5 Å². The lowest BCUT2D eigenvalue weighted by Gasteiger charge is -2.10. The SMILES string of the molecule is O=C(NC(=S)Nc1ccc2oc(-c3ccc(Br)cc3)nc2c1)c1ccc(OCc2ccccc2)cc1. The van der Waals surface area contributed by atoms with Gasteiger partial charge in [0.05, 0.1) is 0 Å². The molecule has 5 aromatic rings. The first-order valence-corrected chi connectivity index (χ1v) is 12.3. The highest BCUT2D eigenvalue weighted by atomic mass is 79.9. The molecule has 2 N–H and O–H groups in total. The maximum absolute atomic E-state index is 12.6.